The number of carboxylic acid groups (broad SMARTS) is 1. The zero-order valence-electron chi connectivity index (χ0n) is 17.0. The van der Waals surface area contributed by atoms with Gasteiger partial charge >= 0.3 is 12.1 Å². The van der Waals surface area contributed by atoms with E-state index in [2.05, 4.69) is 26.3 Å². The summed E-state index contributed by atoms with van der Waals surface area (Å²) in [6, 6.07) is 18.1. The highest BCUT2D eigenvalue weighted by molar-refractivity contribution is 5.97. The van der Waals surface area contributed by atoms with Gasteiger partial charge in [-0.05, 0) is 42.0 Å². The van der Waals surface area contributed by atoms with Gasteiger partial charge in [-0.25, -0.2) is 14.8 Å². The van der Waals surface area contributed by atoms with Gasteiger partial charge in [-0.1, -0.05) is 18.2 Å². The number of carboxylic acids is 1. The molecule has 7 nitrogen and oxygen atoms in total. The van der Waals surface area contributed by atoms with Gasteiger partial charge in [0.1, 0.15) is 0 Å². The van der Waals surface area contributed by atoms with Crippen LogP contribution in [-0.2, 0) is 11.2 Å². The van der Waals surface area contributed by atoms with Gasteiger partial charge in [0.05, 0.1) is 11.3 Å². The van der Waals surface area contributed by atoms with E-state index in [9.17, 15) is 18.0 Å². The van der Waals surface area contributed by atoms with Gasteiger partial charge in [0.25, 0.3) is 5.91 Å². The van der Waals surface area contributed by atoms with Crippen LogP contribution in [0.15, 0.2) is 60.8 Å². The number of nitrogens with zero attached hydrogens (tertiary/aromatic N) is 2. The molecule has 0 fully saturated rings. The summed E-state index contributed by atoms with van der Waals surface area (Å²) in [5, 5.41) is 11.0. The molecule has 1 aliphatic heterocycles. The van der Waals surface area contributed by atoms with Gasteiger partial charge in [-0.2, -0.15) is 13.2 Å². The topological polar surface area (TPSA) is 108 Å². The molecule has 3 N–H and O–H groups in total. The lowest BCUT2D eigenvalue weighted by atomic mass is 10.0. The van der Waals surface area contributed by atoms with E-state index in [-0.39, 0.29) is 5.91 Å². The Bertz CT molecular complexity index is 1350. The van der Waals surface area contributed by atoms with E-state index >= 15 is 0 Å². The van der Waals surface area contributed by atoms with Crippen LogP contribution in [0.5, 0.6) is 0 Å². The standard InChI is InChI=1S/C21H16N4O.C2HF3O2/c26-21-16-12-19(24-18(16)8-10-23-21)15-4-1-3-14(11-15)17-7-6-13-5-2-9-22-20(13)25-17;3-2(4,5)1(6)7/h1-7,9,11-12,24H,8,10H2,(H,23,26);(H,6,7). The summed E-state index contributed by atoms with van der Waals surface area (Å²) in [6.07, 6.45) is -2.50. The number of fused-ring (bicyclic) bond motifs is 2. The molecular weight excluding hydrogens is 437 g/mol. The fourth-order valence-electron chi connectivity index (χ4n) is 3.41. The van der Waals surface area contributed by atoms with E-state index in [1.807, 2.05) is 48.5 Å². The first kappa shape index (κ1) is 22.0. The number of aromatic nitrogens is 3. The van der Waals surface area contributed by atoms with E-state index in [0.717, 1.165) is 51.2 Å². The number of aromatic amines is 1. The predicted octanol–water partition coefficient (Wildman–Crippen LogP) is 4.21. The molecule has 0 saturated carbocycles. The SMILES string of the molecule is O=C(O)C(F)(F)F.O=C1NCCc2[nH]c(-c3cccc(-c4ccc5cccnc5n4)c3)cc21. The molecule has 33 heavy (non-hydrogen) atoms. The van der Waals surface area contributed by atoms with Crippen molar-refractivity contribution in [1.82, 2.24) is 20.3 Å². The lowest BCUT2D eigenvalue weighted by Gasteiger charge is -2.11. The molecule has 0 saturated heterocycles. The minimum atomic E-state index is -5.08. The number of halogens is 3. The van der Waals surface area contributed by atoms with Crippen molar-refractivity contribution in [3.8, 4) is 22.5 Å². The number of aliphatic carboxylic acids is 1. The number of pyridine rings is 2. The number of hydrogen-bond donors (Lipinski definition) is 3. The van der Waals surface area contributed by atoms with Crippen molar-refractivity contribution in [2.75, 3.05) is 6.54 Å². The smallest absolute Gasteiger partial charge is 0.475 e. The molecular formula is C23H17F3N4O3. The van der Waals surface area contributed by atoms with E-state index in [0.29, 0.717) is 6.54 Å². The van der Waals surface area contributed by atoms with Crippen molar-refractivity contribution in [3.05, 3.63) is 72.1 Å². The number of rotatable bonds is 2. The summed E-state index contributed by atoms with van der Waals surface area (Å²) in [6.45, 7) is 0.680. The number of benzene rings is 1. The minimum Gasteiger partial charge on any atom is -0.475 e. The summed E-state index contributed by atoms with van der Waals surface area (Å²) >= 11 is 0. The number of carbonyl (C=O) groups excluding carboxylic acids is 1. The van der Waals surface area contributed by atoms with Crippen LogP contribution >= 0.6 is 0 Å². The zero-order valence-corrected chi connectivity index (χ0v) is 17.0. The fourth-order valence-corrected chi connectivity index (χ4v) is 3.41. The number of nitrogens with one attached hydrogen (secondary N) is 2. The molecule has 0 atom stereocenters. The van der Waals surface area contributed by atoms with E-state index < -0.39 is 12.1 Å². The van der Waals surface area contributed by atoms with Crippen LogP contribution in [0.1, 0.15) is 16.1 Å². The summed E-state index contributed by atoms with van der Waals surface area (Å²) < 4.78 is 31.7. The average molecular weight is 454 g/mol. The Morgan fingerprint density at radius 3 is 2.52 bits per heavy atom. The second-order valence-corrected chi connectivity index (χ2v) is 7.21. The molecule has 1 aromatic carbocycles. The maximum absolute atomic E-state index is 12.0. The lowest BCUT2D eigenvalue weighted by molar-refractivity contribution is -0.192. The quantitative estimate of drug-likeness (QED) is 0.421. The van der Waals surface area contributed by atoms with Crippen LogP contribution in [0.3, 0.4) is 0 Å². The van der Waals surface area contributed by atoms with E-state index in [4.69, 9.17) is 9.90 Å². The molecule has 0 unspecified atom stereocenters. The van der Waals surface area contributed by atoms with E-state index in [1.54, 1.807) is 6.20 Å². The number of hydrogen-bond acceptors (Lipinski definition) is 4. The van der Waals surface area contributed by atoms with Gasteiger partial charge in [0, 0.05) is 41.5 Å². The average Bonchev–Trinajstić information content (AvgIpc) is 3.25. The Balaban J connectivity index is 0.000000325. The highest BCUT2D eigenvalue weighted by Gasteiger charge is 2.38. The third-order valence-electron chi connectivity index (χ3n) is 4.98. The maximum Gasteiger partial charge on any atom is 0.490 e. The van der Waals surface area contributed by atoms with Gasteiger partial charge in [-0.15, -0.1) is 0 Å². The van der Waals surface area contributed by atoms with Crippen molar-refractivity contribution in [1.29, 1.82) is 0 Å². The van der Waals surface area contributed by atoms with E-state index in [1.165, 1.54) is 0 Å². The first-order valence-corrected chi connectivity index (χ1v) is 9.85. The fraction of sp³-hybridized carbons (Fsp3) is 0.130. The Morgan fingerprint density at radius 2 is 1.79 bits per heavy atom. The number of H-pyrrole nitrogens is 1. The van der Waals surface area contributed by atoms with Crippen LogP contribution in [0.25, 0.3) is 33.5 Å². The largest absolute Gasteiger partial charge is 0.490 e. The summed E-state index contributed by atoms with van der Waals surface area (Å²) in [4.78, 5) is 33.3. The normalized spacial score (nSPS) is 13.0. The van der Waals surface area contributed by atoms with Crippen molar-refractivity contribution in [3.63, 3.8) is 0 Å². The Labute approximate surface area is 185 Å². The second-order valence-electron chi connectivity index (χ2n) is 7.21. The highest BCUT2D eigenvalue weighted by Crippen LogP contribution is 2.28. The zero-order chi connectivity index (χ0) is 23.6. The third-order valence-corrected chi connectivity index (χ3v) is 4.98. The predicted molar refractivity (Wildman–Crippen MR) is 114 cm³/mol. The van der Waals surface area contributed by atoms with Gasteiger partial charge < -0.3 is 15.4 Å². The van der Waals surface area contributed by atoms with Crippen molar-refractivity contribution >= 4 is 22.9 Å². The first-order chi connectivity index (χ1) is 15.7. The lowest BCUT2D eigenvalue weighted by Crippen LogP contribution is -2.31. The van der Waals surface area contributed by atoms with Crippen molar-refractivity contribution < 1.29 is 27.9 Å². The molecule has 0 spiro atoms. The Morgan fingerprint density at radius 1 is 1.03 bits per heavy atom. The highest BCUT2D eigenvalue weighted by atomic mass is 19.4. The first-order valence-electron chi connectivity index (χ1n) is 9.85. The van der Waals surface area contributed by atoms with Gasteiger partial charge in [0.2, 0.25) is 0 Å². The molecule has 5 rings (SSSR count). The molecule has 4 aromatic rings. The second kappa shape index (κ2) is 8.73. The van der Waals surface area contributed by atoms with Gasteiger partial charge in [0.15, 0.2) is 5.65 Å². The number of amides is 1. The molecule has 4 heterocycles. The third kappa shape index (κ3) is 4.84. The molecule has 0 aliphatic carbocycles. The van der Waals surface area contributed by atoms with Crippen LogP contribution in [0.2, 0.25) is 0 Å². The molecule has 0 bridgehead atoms. The number of carbonyl (C=O) groups is 2. The molecule has 10 heteroatoms. The Hall–Kier alpha value is -4.21. The van der Waals surface area contributed by atoms with Crippen molar-refractivity contribution in [2.45, 2.75) is 12.6 Å². The number of alkyl halides is 3. The monoisotopic (exact) mass is 454 g/mol. The van der Waals surface area contributed by atoms with Crippen LogP contribution in [-0.4, -0.2) is 44.7 Å². The van der Waals surface area contributed by atoms with Crippen LogP contribution in [0.4, 0.5) is 13.2 Å². The minimum absolute atomic E-state index is 0.00725. The molecule has 1 aliphatic rings. The molecule has 1 amide bonds. The summed E-state index contributed by atoms with van der Waals surface area (Å²) in [5.41, 5.74) is 6.37. The maximum atomic E-state index is 12.0. The molecule has 168 valence electrons. The van der Waals surface area contributed by atoms with Crippen LogP contribution < -0.4 is 5.32 Å². The van der Waals surface area contributed by atoms with Crippen LogP contribution in [0, 0.1) is 0 Å². The Kier molecular flexibility index (Phi) is 5.82. The summed E-state index contributed by atoms with van der Waals surface area (Å²) in [7, 11) is 0. The molecule has 3 aromatic heterocycles. The van der Waals surface area contributed by atoms with Crippen molar-refractivity contribution in [2.24, 2.45) is 0 Å². The molecule has 0 radical (unpaired) electrons. The van der Waals surface area contributed by atoms with Gasteiger partial charge in [-0.3, -0.25) is 4.79 Å². The summed E-state index contributed by atoms with van der Waals surface area (Å²) in [5.74, 6) is -2.76.